The summed E-state index contributed by atoms with van der Waals surface area (Å²) in [5, 5.41) is 13.5. The molecule has 0 fully saturated rings. The number of nitriles is 1. The summed E-state index contributed by atoms with van der Waals surface area (Å²) in [6.07, 6.45) is 0. The minimum atomic E-state index is -0.730. The molecule has 0 spiro atoms. The van der Waals surface area contributed by atoms with Gasteiger partial charge in [0.05, 0.1) is 6.07 Å². The third kappa shape index (κ3) is 3.90. The number of amides is 2. The first-order chi connectivity index (χ1) is 6.52. The van der Waals surface area contributed by atoms with Crippen LogP contribution in [0.15, 0.2) is 0 Å². The van der Waals surface area contributed by atoms with Gasteiger partial charge in [0.1, 0.15) is 12.0 Å². The summed E-state index contributed by atoms with van der Waals surface area (Å²) in [6, 6.07) is 1.20. The molecule has 0 aromatic heterocycles. The van der Waals surface area contributed by atoms with Gasteiger partial charge in [0.25, 0.3) is 0 Å². The van der Waals surface area contributed by atoms with Crippen molar-refractivity contribution in [1.82, 2.24) is 10.6 Å². The molecular weight excluding hydrogens is 182 g/mol. The van der Waals surface area contributed by atoms with Crippen molar-refractivity contribution in [3.63, 3.8) is 0 Å². The molecule has 0 rings (SSSR count). The number of likely N-dealkylation sites (N-methyl/N-ethyl adjacent to an activating group) is 1. The van der Waals surface area contributed by atoms with Crippen LogP contribution in [0.2, 0.25) is 0 Å². The van der Waals surface area contributed by atoms with Crippen LogP contribution in [0.5, 0.6) is 0 Å². The summed E-state index contributed by atoms with van der Waals surface area (Å²) in [6.45, 7) is 5.38. The molecule has 0 aromatic carbocycles. The Morgan fingerprint density at radius 1 is 1.36 bits per heavy atom. The van der Waals surface area contributed by atoms with Crippen LogP contribution in [0.1, 0.15) is 20.8 Å². The molecule has 0 aromatic rings. The molecule has 2 amide bonds. The predicted molar refractivity (Wildman–Crippen MR) is 51.1 cm³/mol. The highest BCUT2D eigenvalue weighted by Crippen LogP contribution is 1.93. The second-order valence-corrected chi connectivity index (χ2v) is 2.98. The van der Waals surface area contributed by atoms with Crippen LogP contribution in [-0.4, -0.2) is 24.4 Å². The fourth-order valence-corrected chi connectivity index (χ4v) is 0.790. The van der Waals surface area contributed by atoms with Crippen LogP contribution in [-0.2, 0) is 9.59 Å². The number of carbonyl (C=O) groups excluding carboxylic acids is 2. The van der Waals surface area contributed by atoms with Crippen LogP contribution in [0.25, 0.3) is 0 Å². The van der Waals surface area contributed by atoms with Crippen molar-refractivity contribution in [2.45, 2.75) is 26.8 Å². The van der Waals surface area contributed by atoms with E-state index in [0.717, 1.165) is 0 Å². The van der Waals surface area contributed by atoms with E-state index < -0.39 is 17.9 Å². The molecule has 0 radical (unpaired) electrons. The van der Waals surface area contributed by atoms with E-state index in [1.54, 1.807) is 19.9 Å². The van der Waals surface area contributed by atoms with Gasteiger partial charge in [-0.3, -0.25) is 9.59 Å². The van der Waals surface area contributed by atoms with Crippen LogP contribution in [0.4, 0.5) is 0 Å². The second kappa shape index (κ2) is 5.97. The normalized spacial score (nSPS) is 13.6. The smallest absolute Gasteiger partial charge is 0.242 e. The molecule has 2 unspecified atom stereocenters. The second-order valence-electron chi connectivity index (χ2n) is 2.98. The molecule has 2 N–H and O–H groups in total. The van der Waals surface area contributed by atoms with Gasteiger partial charge in [-0.05, 0) is 20.8 Å². The Bertz CT molecular complexity index is 257. The largest absolute Gasteiger partial charge is 0.355 e. The average molecular weight is 197 g/mol. The first kappa shape index (κ1) is 12.4. The van der Waals surface area contributed by atoms with Crippen LogP contribution >= 0.6 is 0 Å². The average Bonchev–Trinajstić information content (AvgIpc) is 2.16. The number of nitrogens with one attached hydrogen (secondary N) is 2. The monoisotopic (exact) mass is 197 g/mol. The quantitative estimate of drug-likeness (QED) is 0.654. The van der Waals surface area contributed by atoms with Gasteiger partial charge in [-0.25, -0.2) is 0 Å². The van der Waals surface area contributed by atoms with Gasteiger partial charge in [0, 0.05) is 6.54 Å². The van der Waals surface area contributed by atoms with Crippen molar-refractivity contribution >= 4 is 11.8 Å². The maximum absolute atomic E-state index is 11.2. The first-order valence-corrected chi connectivity index (χ1v) is 4.50. The molecule has 0 saturated carbocycles. The van der Waals surface area contributed by atoms with E-state index in [1.165, 1.54) is 6.92 Å². The highest BCUT2D eigenvalue weighted by atomic mass is 16.2. The fourth-order valence-electron chi connectivity index (χ4n) is 0.790. The van der Waals surface area contributed by atoms with Gasteiger partial charge in [-0.2, -0.15) is 5.26 Å². The number of hydrogen-bond donors (Lipinski definition) is 2. The molecular formula is C9H15N3O2. The highest BCUT2D eigenvalue weighted by molar-refractivity contribution is 5.88. The Morgan fingerprint density at radius 3 is 2.36 bits per heavy atom. The van der Waals surface area contributed by atoms with Crippen molar-refractivity contribution < 1.29 is 9.59 Å². The number of carbonyl (C=O) groups is 2. The molecule has 0 heterocycles. The molecule has 5 heteroatoms. The third-order valence-corrected chi connectivity index (χ3v) is 1.69. The van der Waals surface area contributed by atoms with Crippen molar-refractivity contribution in [2.24, 2.45) is 5.92 Å². The zero-order valence-corrected chi connectivity index (χ0v) is 8.63. The van der Waals surface area contributed by atoms with Gasteiger partial charge in [-0.1, -0.05) is 0 Å². The topological polar surface area (TPSA) is 82.0 Å². The third-order valence-electron chi connectivity index (χ3n) is 1.69. The van der Waals surface area contributed by atoms with E-state index in [-0.39, 0.29) is 5.91 Å². The minimum Gasteiger partial charge on any atom is -0.355 e. The van der Waals surface area contributed by atoms with Crippen molar-refractivity contribution in [3.05, 3.63) is 0 Å². The summed E-state index contributed by atoms with van der Waals surface area (Å²) >= 11 is 0. The summed E-state index contributed by atoms with van der Waals surface area (Å²) in [5.41, 5.74) is 0. The number of nitrogens with zero attached hydrogens (tertiary/aromatic N) is 1. The standard InChI is InChI=1S/C9H15N3O2/c1-4-11-9(14)7(3)12-8(13)6(2)5-10/h6-7H,4H2,1-3H3,(H,11,14)(H,12,13). The molecule has 0 bridgehead atoms. The van der Waals surface area contributed by atoms with Gasteiger partial charge in [-0.15, -0.1) is 0 Å². The Morgan fingerprint density at radius 2 is 1.93 bits per heavy atom. The molecule has 14 heavy (non-hydrogen) atoms. The van der Waals surface area contributed by atoms with E-state index in [2.05, 4.69) is 10.6 Å². The Kier molecular flexibility index (Phi) is 5.30. The number of rotatable bonds is 4. The number of hydrogen-bond acceptors (Lipinski definition) is 3. The van der Waals surface area contributed by atoms with Gasteiger partial charge in [0.15, 0.2) is 0 Å². The maximum atomic E-state index is 11.2. The molecule has 0 aliphatic rings. The summed E-state index contributed by atoms with van der Waals surface area (Å²) in [5.74, 6) is -1.40. The van der Waals surface area contributed by atoms with Gasteiger partial charge >= 0.3 is 0 Å². The van der Waals surface area contributed by atoms with Crippen LogP contribution in [0.3, 0.4) is 0 Å². The van der Waals surface area contributed by atoms with Crippen LogP contribution < -0.4 is 10.6 Å². The molecule has 5 nitrogen and oxygen atoms in total. The Labute approximate surface area is 83.5 Å². The lowest BCUT2D eigenvalue weighted by molar-refractivity contribution is -0.129. The maximum Gasteiger partial charge on any atom is 0.242 e. The van der Waals surface area contributed by atoms with E-state index >= 15 is 0 Å². The molecule has 78 valence electrons. The minimum absolute atomic E-state index is 0.244. The molecule has 0 aliphatic heterocycles. The van der Waals surface area contributed by atoms with E-state index in [1.807, 2.05) is 0 Å². The lowest BCUT2D eigenvalue weighted by atomic mass is 10.2. The molecule has 0 aliphatic carbocycles. The lowest BCUT2D eigenvalue weighted by Gasteiger charge is -2.13. The molecule has 0 saturated heterocycles. The van der Waals surface area contributed by atoms with Crippen molar-refractivity contribution in [3.8, 4) is 6.07 Å². The van der Waals surface area contributed by atoms with E-state index in [0.29, 0.717) is 6.54 Å². The molecule has 2 atom stereocenters. The zero-order chi connectivity index (χ0) is 11.1. The van der Waals surface area contributed by atoms with Crippen molar-refractivity contribution in [2.75, 3.05) is 6.54 Å². The van der Waals surface area contributed by atoms with Crippen LogP contribution in [0, 0.1) is 17.2 Å². The van der Waals surface area contributed by atoms with Gasteiger partial charge < -0.3 is 10.6 Å². The SMILES string of the molecule is CCNC(=O)C(C)NC(=O)C(C)C#N. The lowest BCUT2D eigenvalue weighted by Crippen LogP contribution is -2.46. The van der Waals surface area contributed by atoms with E-state index in [9.17, 15) is 9.59 Å². The van der Waals surface area contributed by atoms with Gasteiger partial charge in [0.2, 0.25) is 11.8 Å². The summed E-state index contributed by atoms with van der Waals surface area (Å²) in [4.78, 5) is 22.4. The highest BCUT2D eigenvalue weighted by Gasteiger charge is 2.18. The Hall–Kier alpha value is -1.57. The summed E-state index contributed by atoms with van der Waals surface area (Å²) in [7, 11) is 0. The summed E-state index contributed by atoms with van der Waals surface area (Å²) < 4.78 is 0. The zero-order valence-electron chi connectivity index (χ0n) is 8.63. The fraction of sp³-hybridized carbons (Fsp3) is 0.667. The Balaban J connectivity index is 4.07. The van der Waals surface area contributed by atoms with Crippen molar-refractivity contribution in [1.29, 1.82) is 5.26 Å². The first-order valence-electron chi connectivity index (χ1n) is 4.50. The predicted octanol–water partition coefficient (Wildman–Crippen LogP) is -0.213. The van der Waals surface area contributed by atoms with E-state index in [4.69, 9.17) is 5.26 Å².